The van der Waals surface area contributed by atoms with Crippen molar-refractivity contribution in [1.29, 1.82) is 0 Å². The smallest absolute Gasteiger partial charge is 0.222 e. The van der Waals surface area contributed by atoms with Crippen molar-refractivity contribution < 1.29 is 13.9 Å². The van der Waals surface area contributed by atoms with Crippen LogP contribution < -0.4 is 4.74 Å². The van der Waals surface area contributed by atoms with E-state index >= 15 is 0 Å². The second kappa shape index (κ2) is 7.92. The van der Waals surface area contributed by atoms with Gasteiger partial charge in [-0.25, -0.2) is 4.39 Å². The van der Waals surface area contributed by atoms with Gasteiger partial charge in [0.2, 0.25) is 5.91 Å². The van der Waals surface area contributed by atoms with Crippen LogP contribution in [0, 0.1) is 17.7 Å². The highest BCUT2D eigenvalue weighted by Crippen LogP contribution is 2.44. The molecule has 0 unspecified atom stereocenters. The number of nitrogens with zero attached hydrogens (tertiary/aromatic N) is 2. The van der Waals surface area contributed by atoms with Crippen molar-refractivity contribution in [3.05, 3.63) is 65.5 Å². The zero-order valence-corrected chi connectivity index (χ0v) is 16.5. The number of carbonyl (C=O) groups is 1. The lowest BCUT2D eigenvalue weighted by Gasteiger charge is -2.27. The average molecular weight is 382 g/mol. The van der Waals surface area contributed by atoms with E-state index in [1.807, 2.05) is 35.2 Å². The first kappa shape index (κ1) is 18.9. The highest BCUT2D eigenvalue weighted by atomic mass is 19.1. The fraction of sp³-hybridized carbons (Fsp3) is 0.435. The minimum absolute atomic E-state index is 0.178. The van der Waals surface area contributed by atoms with Crippen LogP contribution in [0.4, 0.5) is 4.39 Å². The molecule has 0 aromatic heterocycles. The number of halogens is 1. The molecule has 2 aromatic carbocycles. The Bertz CT molecular complexity index is 856. The van der Waals surface area contributed by atoms with Crippen LogP contribution in [0.15, 0.2) is 48.5 Å². The van der Waals surface area contributed by atoms with E-state index in [9.17, 15) is 9.18 Å². The SMILES string of the molecule is COc1cccc(CCC(=O)N2C[C@@H]3CN(C)[C@@H](c4cccc(F)c4)[C@@H]3C2)c1. The van der Waals surface area contributed by atoms with Crippen LogP contribution in [0.2, 0.25) is 0 Å². The average Bonchev–Trinajstić information content (AvgIpc) is 3.22. The van der Waals surface area contributed by atoms with Crippen LogP contribution in [0.25, 0.3) is 0 Å². The maximum Gasteiger partial charge on any atom is 0.222 e. The van der Waals surface area contributed by atoms with Crippen molar-refractivity contribution in [1.82, 2.24) is 9.80 Å². The highest BCUT2D eigenvalue weighted by molar-refractivity contribution is 5.77. The van der Waals surface area contributed by atoms with Gasteiger partial charge in [-0.1, -0.05) is 24.3 Å². The Morgan fingerprint density at radius 3 is 2.75 bits per heavy atom. The largest absolute Gasteiger partial charge is 0.497 e. The van der Waals surface area contributed by atoms with Gasteiger partial charge in [-0.3, -0.25) is 9.69 Å². The molecule has 148 valence electrons. The van der Waals surface area contributed by atoms with Gasteiger partial charge in [0.1, 0.15) is 11.6 Å². The van der Waals surface area contributed by atoms with Crippen LogP contribution >= 0.6 is 0 Å². The second-order valence-corrected chi connectivity index (χ2v) is 8.01. The first-order valence-corrected chi connectivity index (χ1v) is 9.91. The Hall–Kier alpha value is -2.40. The summed E-state index contributed by atoms with van der Waals surface area (Å²) in [5, 5.41) is 0. The third kappa shape index (κ3) is 3.76. The van der Waals surface area contributed by atoms with Gasteiger partial charge >= 0.3 is 0 Å². The van der Waals surface area contributed by atoms with Gasteiger partial charge in [0, 0.05) is 38.0 Å². The molecule has 4 nitrogen and oxygen atoms in total. The molecule has 2 aliphatic heterocycles. The summed E-state index contributed by atoms with van der Waals surface area (Å²) >= 11 is 0. The first-order chi connectivity index (χ1) is 13.5. The Morgan fingerprint density at radius 2 is 1.96 bits per heavy atom. The van der Waals surface area contributed by atoms with E-state index in [0.717, 1.165) is 42.9 Å². The minimum Gasteiger partial charge on any atom is -0.497 e. The molecule has 2 aromatic rings. The van der Waals surface area contributed by atoms with Crippen molar-refractivity contribution >= 4 is 5.91 Å². The predicted octanol–water partition coefficient (Wildman–Crippen LogP) is 3.53. The third-order valence-electron chi connectivity index (χ3n) is 6.20. The normalized spacial score (nSPS) is 24.4. The Balaban J connectivity index is 1.40. The van der Waals surface area contributed by atoms with Crippen molar-refractivity contribution in [2.75, 3.05) is 33.8 Å². The fourth-order valence-electron chi connectivity index (χ4n) is 4.89. The molecular formula is C23H27FN2O2. The molecule has 4 rings (SSSR count). The number of hydrogen-bond acceptors (Lipinski definition) is 3. The molecule has 0 saturated carbocycles. The van der Waals surface area contributed by atoms with Crippen LogP contribution in [-0.4, -0.2) is 49.5 Å². The lowest BCUT2D eigenvalue weighted by molar-refractivity contribution is -0.130. The number of ether oxygens (including phenoxy) is 1. The summed E-state index contributed by atoms with van der Waals surface area (Å²) in [6.07, 6.45) is 1.22. The van der Waals surface area contributed by atoms with E-state index in [0.29, 0.717) is 18.3 Å². The number of methoxy groups -OCH3 is 1. The number of benzene rings is 2. The quantitative estimate of drug-likeness (QED) is 0.793. The Kier molecular flexibility index (Phi) is 5.36. The third-order valence-corrected chi connectivity index (χ3v) is 6.20. The van der Waals surface area contributed by atoms with Crippen molar-refractivity contribution in [2.24, 2.45) is 11.8 Å². The molecule has 0 N–H and O–H groups in total. The van der Waals surface area contributed by atoms with Crippen LogP contribution in [0.1, 0.15) is 23.6 Å². The number of carbonyl (C=O) groups excluding carboxylic acids is 1. The number of aryl methyl sites for hydroxylation is 1. The van der Waals surface area contributed by atoms with Gasteiger partial charge in [-0.15, -0.1) is 0 Å². The van der Waals surface area contributed by atoms with E-state index in [2.05, 4.69) is 11.9 Å². The molecule has 0 aliphatic carbocycles. The molecule has 2 aliphatic rings. The van der Waals surface area contributed by atoms with Crippen LogP contribution in [0.3, 0.4) is 0 Å². The summed E-state index contributed by atoms with van der Waals surface area (Å²) in [7, 11) is 3.75. The number of likely N-dealkylation sites (tertiary alicyclic amines) is 2. The van der Waals surface area contributed by atoms with Crippen LogP contribution in [-0.2, 0) is 11.2 Å². The minimum atomic E-state index is -0.196. The van der Waals surface area contributed by atoms with E-state index in [1.165, 1.54) is 6.07 Å². The first-order valence-electron chi connectivity index (χ1n) is 9.91. The Labute approximate surface area is 165 Å². The highest BCUT2D eigenvalue weighted by Gasteiger charge is 2.47. The molecule has 2 saturated heterocycles. The van der Waals surface area contributed by atoms with Crippen LogP contribution in [0.5, 0.6) is 5.75 Å². The molecule has 0 radical (unpaired) electrons. The number of amides is 1. The summed E-state index contributed by atoms with van der Waals surface area (Å²) in [4.78, 5) is 17.1. The zero-order chi connectivity index (χ0) is 19.7. The summed E-state index contributed by atoms with van der Waals surface area (Å²) in [5.74, 6) is 1.66. The van der Waals surface area contributed by atoms with Gasteiger partial charge in [-0.05, 0) is 54.8 Å². The Morgan fingerprint density at radius 1 is 1.14 bits per heavy atom. The summed E-state index contributed by atoms with van der Waals surface area (Å²) < 4.78 is 19.0. The molecule has 5 heteroatoms. The molecule has 0 spiro atoms. The summed E-state index contributed by atoms with van der Waals surface area (Å²) in [6, 6.07) is 15.0. The summed E-state index contributed by atoms with van der Waals surface area (Å²) in [5.41, 5.74) is 2.13. The summed E-state index contributed by atoms with van der Waals surface area (Å²) in [6.45, 7) is 2.51. The monoisotopic (exact) mass is 382 g/mol. The number of hydrogen-bond donors (Lipinski definition) is 0. The number of fused-ring (bicyclic) bond motifs is 1. The van der Waals surface area contributed by atoms with Gasteiger partial charge in [-0.2, -0.15) is 0 Å². The molecule has 1 amide bonds. The lowest BCUT2D eigenvalue weighted by atomic mass is 9.89. The molecule has 28 heavy (non-hydrogen) atoms. The predicted molar refractivity (Wildman–Crippen MR) is 107 cm³/mol. The number of rotatable bonds is 5. The van der Waals surface area contributed by atoms with Crippen molar-refractivity contribution in [2.45, 2.75) is 18.9 Å². The van der Waals surface area contributed by atoms with Gasteiger partial charge in [0.15, 0.2) is 0 Å². The van der Waals surface area contributed by atoms with Crippen molar-refractivity contribution in [3.63, 3.8) is 0 Å². The second-order valence-electron chi connectivity index (χ2n) is 8.01. The standard InChI is InChI=1S/C23H27FN2O2/c1-25-13-18-14-26(15-21(18)23(25)17-6-4-7-19(24)12-17)22(27)10-9-16-5-3-8-20(11-16)28-2/h3-8,11-12,18,21,23H,9-10,13-15H2,1-2H3/t18-,21+,23-/m0/s1. The van der Waals surface area contributed by atoms with Gasteiger partial charge in [0.05, 0.1) is 7.11 Å². The topological polar surface area (TPSA) is 32.8 Å². The molecule has 0 bridgehead atoms. The fourth-order valence-corrected chi connectivity index (χ4v) is 4.89. The van der Waals surface area contributed by atoms with Gasteiger partial charge < -0.3 is 9.64 Å². The molecule has 2 fully saturated rings. The van der Waals surface area contributed by atoms with E-state index in [4.69, 9.17) is 4.74 Å². The molecule has 2 heterocycles. The zero-order valence-electron chi connectivity index (χ0n) is 16.5. The molecular weight excluding hydrogens is 355 g/mol. The van der Waals surface area contributed by atoms with Crippen molar-refractivity contribution in [3.8, 4) is 5.75 Å². The maximum absolute atomic E-state index is 13.7. The van der Waals surface area contributed by atoms with E-state index in [-0.39, 0.29) is 17.8 Å². The van der Waals surface area contributed by atoms with Gasteiger partial charge in [0.25, 0.3) is 0 Å². The molecule has 3 atom stereocenters. The van der Waals surface area contributed by atoms with E-state index in [1.54, 1.807) is 19.2 Å². The lowest BCUT2D eigenvalue weighted by Crippen LogP contribution is -2.33. The maximum atomic E-state index is 13.7. The van der Waals surface area contributed by atoms with E-state index < -0.39 is 0 Å².